The van der Waals surface area contributed by atoms with Crippen LogP contribution in [0.5, 0.6) is 0 Å². The fourth-order valence-corrected chi connectivity index (χ4v) is 3.37. The Morgan fingerprint density at radius 2 is 1.04 bits per heavy atom. The van der Waals surface area contributed by atoms with Gasteiger partial charge in [-0.05, 0) is 48.5 Å². The summed E-state index contributed by atoms with van der Waals surface area (Å²) >= 11 is 10.4. The number of rotatable bonds is 3. The lowest BCUT2D eigenvalue weighted by Crippen LogP contribution is -1.99. The highest BCUT2D eigenvalue weighted by molar-refractivity contribution is 9.11. The van der Waals surface area contributed by atoms with Crippen LogP contribution in [0, 0.1) is 0 Å². The predicted octanol–water partition coefficient (Wildman–Crippen LogP) is 6.89. The smallest absolute Gasteiger partial charge is 0.182 e. The molecule has 3 nitrogen and oxygen atoms in total. The van der Waals surface area contributed by atoms with Gasteiger partial charge in [-0.15, -0.1) is 5.10 Å². The lowest BCUT2D eigenvalue weighted by Gasteiger charge is -2.06. The van der Waals surface area contributed by atoms with E-state index in [1.165, 1.54) is 0 Å². The number of hydrogen-bond donors (Lipinski definition) is 0. The summed E-state index contributed by atoms with van der Waals surface area (Å²) in [6.45, 7) is 0. The summed E-state index contributed by atoms with van der Waals surface area (Å²) in [5, 5.41) is 4.77. The van der Waals surface area contributed by atoms with Gasteiger partial charge < -0.3 is 0 Å². The second kappa shape index (κ2) is 7.47. The van der Waals surface area contributed by atoms with Crippen molar-refractivity contribution in [3.63, 3.8) is 0 Å². The maximum absolute atomic E-state index is 4.82. The molecule has 4 rings (SSSR count). The van der Waals surface area contributed by atoms with E-state index >= 15 is 0 Å². The highest BCUT2D eigenvalue weighted by atomic mass is 79.9. The monoisotopic (exact) mass is 531 g/mol. The zero-order valence-electron chi connectivity index (χ0n) is 13.4. The van der Waals surface area contributed by atoms with Crippen LogP contribution < -0.4 is 0 Å². The van der Waals surface area contributed by atoms with Crippen LogP contribution in [0.3, 0.4) is 0 Å². The Morgan fingerprint density at radius 3 is 1.58 bits per heavy atom. The second-order valence-corrected chi connectivity index (χ2v) is 8.41. The molecule has 0 saturated heterocycles. The van der Waals surface area contributed by atoms with Crippen molar-refractivity contribution in [3.8, 4) is 28.5 Å². The topological polar surface area (TPSA) is 30.7 Å². The van der Waals surface area contributed by atoms with Crippen molar-refractivity contribution >= 4 is 47.8 Å². The van der Waals surface area contributed by atoms with Gasteiger partial charge >= 0.3 is 0 Å². The fourth-order valence-electron chi connectivity index (χ4n) is 2.58. The minimum absolute atomic E-state index is 0.693. The van der Waals surface area contributed by atoms with E-state index in [2.05, 4.69) is 47.8 Å². The molecule has 0 N–H and O–H groups in total. The molecule has 1 heterocycles. The van der Waals surface area contributed by atoms with E-state index in [4.69, 9.17) is 10.1 Å². The van der Waals surface area contributed by atoms with Gasteiger partial charge in [0.25, 0.3) is 0 Å². The Hall–Kier alpha value is -1.76. The van der Waals surface area contributed by atoms with Crippen LogP contribution in [-0.4, -0.2) is 14.8 Å². The highest BCUT2D eigenvalue weighted by Crippen LogP contribution is 2.27. The summed E-state index contributed by atoms with van der Waals surface area (Å²) in [4.78, 5) is 4.82. The Bertz CT molecular complexity index is 974. The van der Waals surface area contributed by atoms with Gasteiger partial charge in [0, 0.05) is 24.5 Å². The van der Waals surface area contributed by atoms with Crippen molar-refractivity contribution in [3.05, 3.63) is 86.2 Å². The summed E-state index contributed by atoms with van der Waals surface area (Å²) < 4.78 is 4.97. The predicted molar refractivity (Wildman–Crippen MR) is 115 cm³/mol. The van der Waals surface area contributed by atoms with Crippen molar-refractivity contribution in [2.45, 2.75) is 0 Å². The Morgan fingerprint density at radius 1 is 0.577 bits per heavy atom. The Kier molecular flexibility index (Phi) is 5.07. The molecule has 0 aliphatic carbocycles. The molecule has 128 valence electrons. The van der Waals surface area contributed by atoms with Gasteiger partial charge in [0.2, 0.25) is 0 Å². The molecule has 0 amide bonds. The molecule has 0 bridgehead atoms. The SMILES string of the molecule is Brc1ccc(-c2nc(-c3ccc(Br)cc3)n(-c3ccc(Br)cc3)n2)cc1. The van der Waals surface area contributed by atoms with Crippen LogP contribution in [0.25, 0.3) is 28.5 Å². The first kappa shape index (κ1) is 17.6. The van der Waals surface area contributed by atoms with Crippen LogP contribution in [-0.2, 0) is 0 Å². The van der Waals surface area contributed by atoms with E-state index in [9.17, 15) is 0 Å². The van der Waals surface area contributed by atoms with Gasteiger partial charge in [-0.25, -0.2) is 9.67 Å². The molecule has 6 heteroatoms. The lowest BCUT2D eigenvalue weighted by atomic mass is 10.2. The Labute approximate surface area is 176 Å². The number of hydrogen-bond acceptors (Lipinski definition) is 2. The van der Waals surface area contributed by atoms with Gasteiger partial charge in [-0.2, -0.15) is 0 Å². The molecule has 0 aliphatic rings. The van der Waals surface area contributed by atoms with Crippen LogP contribution in [0.15, 0.2) is 86.2 Å². The van der Waals surface area contributed by atoms with Crippen LogP contribution >= 0.6 is 47.8 Å². The summed E-state index contributed by atoms with van der Waals surface area (Å²) in [5.41, 5.74) is 2.94. The first-order valence-electron chi connectivity index (χ1n) is 7.85. The third-order valence-electron chi connectivity index (χ3n) is 3.88. The summed E-state index contributed by atoms with van der Waals surface area (Å²) in [6, 6.07) is 24.1. The third-order valence-corrected chi connectivity index (χ3v) is 5.47. The maximum atomic E-state index is 4.82. The molecule has 26 heavy (non-hydrogen) atoms. The molecule has 0 aliphatic heterocycles. The third kappa shape index (κ3) is 3.68. The van der Waals surface area contributed by atoms with E-state index in [0.29, 0.717) is 5.82 Å². The average Bonchev–Trinajstić information content (AvgIpc) is 3.09. The van der Waals surface area contributed by atoms with E-state index in [1.807, 2.05) is 77.5 Å². The van der Waals surface area contributed by atoms with Crippen LogP contribution in [0.2, 0.25) is 0 Å². The van der Waals surface area contributed by atoms with Gasteiger partial charge in [0.05, 0.1) is 5.69 Å². The molecule has 0 spiro atoms. The lowest BCUT2D eigenvalue weighted by molar-refractivity contribution is 0.890. The van der Waals surface area contributed by atoms with E-state index in [0.717, 1.165) is 36.1 Å². The fraction of sp³-hybridized carbons (Fsp3) is 0. The number of aromatic nitrogens is 3. The molecular formula is C20H12Br3N3. The van der Waals surface area contributed by atoms with Gasteiger partial charge in [-0.3, -0.25) is 0 Å². The molecule has 4 aromatic rings. The quantitative estimate of drug-likeness (QED) is 0.287. The minimum Gasteiger partial charge on any atom is -0.213 e. The zero-order chi connectivity index (χ0) is 18.1. The number of halogens is 3. The Balaban J connectivity index is 1.88. The molecule has 0 radical (unpaired) electrons. The van der Waals surface area contributed by atoms with Crippen molar-refractivity contribution < 1.29 is 0 Å². The standard InChI is InChI=1S/C20H12Br3N3/c21-15-5-1-13(2-6-15)19-24-20(14-3-7-16(22)8-4-14)26(25-19)18-11-9-17(23)10-12-18/h1-12H. The van der Waals surface area contributed by atoms with Crippen LogP contribution in [0.4, 0.5) is 0 Å². The second-order valence-electron chi connectivity index (χ2n) is 5.66. The highest BCUT2D eigenvalue weighted by Gasteiger charge is 2.15. The summed E-state index contributed by atoms with van der Waals surface area (Å²) in [5.74, 6) is 1.50. The number of benzene rings is 3. The summed E-state index contributed by atoms with van der Waals surface area (Å²) in [7, 11) is 0. The molecular weight excluding hydrogens is 522 g/mol. The molecule has 0 saturated carbocycles. The van der Waals surface area contributed by atoms with Gasteiger partial charge in [-0.1, -0.05) is 72.1 Å². The van der Waals surface area contributed by atoms with Crippen molar-refractivity contribution in [1.29, 1.82) is 0 Å². The largest absolute Gasteiger partial charge is 0.213 e. The minimum atomic E-state index is 0.693. The maximum Gasteiger partial charge on any atom is 0.182 e. The van der Waals surface area contributed by atoms with Crippen molar-refractivity contribution in [2.75, 3.05) is 0 Å². The van der Waals surface area contributed by atoms with Gasteiger partial charge in [0.15, 0.2) is 11.6 Å². The van der Waals surface area contributed by atoms with Crippen LogP contribution in [0.1, 0.15) is 0 Å². The van der Waals surface area contributed by atoms with E-state index in [-0.39, 0.29) is 0 Å². The first-order chi connectivity index (χ1) is 12.6. The van der Waals surface area contributed by atoms with Crippen molar-refractivity contribution in [2.24, 2.45) is 0 Å². The molecule has 0 fully saturated rings. The molecule has 3 aromatic carbocycles. The zero-order valence-corrected chi connectivity index (χ0v) is 18.2. The first-order valence-corrected chi connectivity index (χ1v) is 10.2. The van der Waals surface area contributed by atoms with Crippen molar-refractivity contribution in [1.82, 2.24) is 14.8 Å². The molecule has 1 aromatic heterocycles. The van der Waals surface area contributed by atoms with Gasteiger partial charge in [0.1, 0.15) is 0 Å². The van der Waals surface area contributed by atoms with E-state index in [1.54, 1.807) is 0 Å². The normalized spacial score (nSPS) is 10.9. The molecule has 0 atom stereocenters. The molecule has 0 unspecified atom stereocenters. The van der Waals surface area contributed by atoms with E-state index < -0.39 is 0 Å². The number of nitrogens with zero attached hydrogens (tertiary/aromatic N) is 3. The average molecular weight is 534 g/mol. The summed E-state index contributed by atoms with van der Waals surface area (Å²) in [6.07, 6.45) is 0.